The van der Waals surface area contributed by atoms with Crippen LogP contribution in [0.2, 0.25) is 0 Å². The van der Waals surface area contributed by atoms with E-state index in [9.17, 15) is 5.11 Å². The van der Waals surface area contributed by atoms with Crippen molar-refractivity contribution >= 4 is 11.8 Å². The number of nitrogens with one attached hydrogen (secondary N) is 2. The Morgan fingerprint density at radius 1 is 1.10 bits per heavy atom. The van der Waals surface area contributed by atoms with Crippen molar-refractivity contribution in [2.45, 2.75) is 63.1 Å². The fourth-order valence-corrected chi connectivity index (χ4v) is 2.79. The Morgan fingerprint density at radius 3 is 2.43 bits per heavy atom. The van der Waals surface area contributed by atoms with E-state index in [1.165, 1.54) is 6.42 Å². The summed E-state index contributed by atoms with van der Waals surface area (Å²) in [5.41, 5.74) is 0.492. The molecule has 1 aromatic heterocycles. The third kappa shape index (κ3) is 3.42. The summed E-state index contributed by atoms with van der Waals surface area (Å²) in [5.74, 6) is 1.20. The Balaban J connectivity index is 1.67. The van der Waals surface area contributed by atoms with Crippen LogP contribution in [0, 0.1) is 11.3 Å². The maximum absolute atomic E-state index is 9.53. The molecule has 1 aromatic rings. The Morgan fingerprint density at radius 2 is 1.81 bits per heavy atom. The van der Waals surface area contributed by atoms with Gasteiger partial charge in [-0.05, 0) is 44.9 Å². The van der Waals surface area contributed by atoms with Crippen molar-refractivity contribution in [2.24, 2.45) is 0 Å². The first-order valence-electron chi connectivity index (χ1n) is 7.73. The lowest BCUT2D eigenvalue weighted by Gasteiger charge is -2.28. The van der Waals surface area contributed by atoms with E-state index < -0.39 is 0 Å². The van der Waals surface area contributed by atoms with Crippen molar-refractivity contribution in [3.8, 4) is 6.07 Å². The minimum atomic E-state index is -0.166. The number of anilines is 2. The third-order valence-electron chi connectivity index (χ3n) is 4.39. The van der Waals surface area contributed by atoms with Gasteiger partial charge in [-0.15, -0.1) is 0 Å². The van der Waals surface area contributed by atoms with Crippen molar-refractivity contribution < 1.29 is 5.11 Å². The predicted octanol–water partition coefficient (Wildman–Crippen LogP) is 2.03. The summed E-state index contributed by atoms with van der Waals surface area (Å²) in [7, 11) is 0. The van der Waals surface area contributed by atoms with Crippen molar-refractivity contribution in [1.29, 1.82) is 5.26 Å². The second-order valence-corrected chi connectivity index (χ2v) is 5.99. The monoisotopic (exact) mass is 287 g/mol. The normalized spacial score (nSPS) is 25.7. The molecule has 2 aliphatic rings. The molecule has 2 aliphatic carbocycles. The molecule has 0 aromatic carbocycles. The Kier molecular flexibility index (Phi) is 4.20. The molecule has 0 aliphatic heterocycles. The van der Waals surface area contributed by atoms with Gasteiger partial charge in [-0.25, -0.2) is 4.98 Å². The highest BCUT2D eigenvalue weighted by Gasteiger charge is 2.22. The largest absolute Gasteiger partial charge is 0.393 e. The van der Waals surface area contributed by atoms with E-state index in [-0.39, 0.29) is 6.10 Å². The van der Waals surface area contributed by atoms with Crippen molar-refractivity contribution in [2.75, 3.05) is 10.6 Å². The first-order valence-corrected chi connectivity index (χ1v) is 7.73. The number of hydrogen-bond acceptors (Lipinski definition) is 6. The average molecular weight is 287 g/mol. The van der Waals surface area contributed by atoms with Gasteiger partial charge in [0.15, 0.2) is 0 Å². The zero-order chi connectivity index (χ0) is 14.7. The molecule has 3 N–H and O–H groups in total. The first kappa shape index (κ1) is 14.1. The van der Waals surface area contributed by atoms with E-state index in [0.717, 1.165) is 38.5 Å². The smallest absolute Gasteiger partial charge is 0.224 e. The molecule has 1 heterocycles. The molecule has 0 atom stereocenters. The van der Waals surface area contributed by atoms with E-state index in [2.05, 4.69) is 26.7 Å². The van der Waals surface area contributed by atoms with Gasteiger partial charge in [-0.3, -0.25) is 0 Å². The van der Waals surface area contributed by atoms with Gasteiger partial charge in [0.05, 0.1) is 12.3 Å². The van der Waals surface area contributed by atoms with Gasteiger partial charge in [-0.1, -0.05) is 0 Å². The van der Waals surface area contributed by atoms with Gasteiger partial charge in [0.1, 0.15) is 17.5 Å². The van der Waals surface area contributed by atoms with Crippen LogP contribution in [-0.2, 0) is 0 Å². The van der Waals surface area contributed by atoms with Gasteiger partial charge in [-0.2, -0.15) is 10.2 Å². The Labute approximate surface area is 124 Å². The molecule has 0 unspecified atom stereocenters. The summed E-state index contributed by atoms with van der Waals surface area (Å²) >= 11 is 0. The van der Waals surface area contributed by atoms with Crippen LogP contribution in [-0.4, -0.2) is 33.3 Å². The van der Waals surface area contributed by atoms with E-state index in [1.54, 1.807) is 6.20 Å². The summed E-state index contributed by atoms with van der Waals surface area (Å²) in [5, 5.41) is 25.3. The van der Waals surface area contributed by atoms with Crippen LogP contribution in [0.1, 0.15) is 50.5 Å². The SMILES string of the molecule is N#Cc1cnc(N[C@H]2CC[C@H](O)CC2)nc1NC1CCC1. The quantitative estimate of drug-likeness (QED) is 0.784. The maximum Gasteiger partial charge on any atom is 0.224 e. The van der Waals surface area contributed by atoms with Gasteiger partial charge in [0.25, 0.3) is 0 Å². The fourth-order valence-electron chi connectivity index (χ4n) is 2.79. The summed E-state index contributed by atoms with van der Waals surface area (Å²) in [6, 6.07) is 2.88. The van der Waals surface area contributed by atoms with Crippen molar-refractivity contribution in [1.82, 2.24) is 9.97 Å². The molecular weight excluding hydrogens is 266 g/mol. The number of hydrogen-bond donors (Lipinski definition) is 3. The van der Waals surface area contributed by atoms with Gasteiger partial charge in [0.2, 0.25) is 5.95 Å². The third-order valence-corrected chi connectivity index (χ3v) is 4.39. The van der Waals surface area contributed by atoms with Crippen LogP contribution >= 0.6 is 0 Å². The highest BCUT2D eigenvalue weighted by Crippen LogP contribution is 2.25. The molecule has 0 amide bonds. The minimum absolute atomic E-state index is 0.166. The van der Waals surface area contributed by atoms with Gasteiger partial charge in [0, 0.05) is 12.1 Å². The summed E-state index contributed by atoms with van der Waals surface area (Å²) in [6.07, 6.45) is 8.42. The lowest BCUT2D eigenvalue weighted by molar-refractivity contribution is 0.126. The number of nitrogens with zero attached hydrogens (tertiary/aromatic N) is 3. The van der Waals surface area contributed by atoms with E-state index in [0.29, 0.717) is 29.4 Å². The zero-order valence-corrected chi connectivity index (χ0v) is 12.0. The lowest BCUT2D eigenvalue weighted by Crippen LogP contribution is -2.30. The number of aromatic nitrogens is 2. The lowest BCUT2D eigenvalue weighted by atomic mass is 9.93. The van der Waals surface area contributed by atoms with Crippen LogP contribution in [0.3, 0.4) is 0 Å². The standard InChI is InChI=1S/C15H21N5O/c16-8-10-9-17-15(19-12-4-6-13(21)7-5-12)20-14(10)18-11-2-1-3-11/h9,11-13,21H,1-7H2,(H2,17,18,19,20)/t12-,13-. The van der Waals surface area contributed by atoms with Gasteiger partial charge >= 0.3 is 0 Å². The minimum Gasteiger partial charge on any atom is -0.393 e. The molecule has 6 heteroatoms. The topological polar surface area (TPSA) is 93.9 Å². The first-order chi connectivity index (χ1) is 10.2. The molecule has 0 saturated heterocycles. The van der Waals surface area contributed by atoms with Crippen LogP contribution in [0.25, 0.3) is 0 Å². The highest BCUT2D eigenvalue weighted by atomic mass is 16.3. The number of aliphatic hydroxyl groups is 1. The molecule has 112 valence electrons. The Hall–Kier alpha value is -1.87. The van der Waals surface area contributed by atoms with Crippen LogP contribution in [0.15, 0.2) is 6.20 Å². The van der Waals surface area contributed by atoms with Crippen molar-refractivity contribution in [3.63, 3.8) is 0 Å². The maximum atomic E-state index is 9.53. The predicted molar refractivity (Wildman–Crippen MR) is 79.9 cm³/mol. The summed E-state index contributed by atoms with van der Waals surface area (Å²) in [6.45, 7) is 0. The van der Waals surface area contributed by atoms with Crippen LogP contribution < -0.4 is 10.6 Å². The number of nitriles is 1. The van der Waals surface area contributed by atoms with E-state index in [4.69, 9.17) is 5.26 Å². The molecule has 0 bridgehead atoms. The number of aliphatic hydroxyl groups excluding tert-OH is 1. The molecule has 3 rings (SSSR count). The average Bonchev–Trinajstić information content (AvgIpc) is 2.46. The number of rotatable bonds is 4. The molecule has 0 radical (unpaired) electrons. The molecule has 6 nitrogen and oxygen atoms in total. The van der Waals surface area contributed by atoms with E-state index >= 15 is 0 Å². The Bertz CT molecular complexity index is 529. The molecule has 2 saturated carbocycles. The van der Waals surface area contributed by atoms with E-state index in [1.807, 2.05) is 0 Å². The molecule has 21 heavy (non-hydrogen) atoms. The zero-order valence-electron chi connectivity index (χ0n) is 12.0. The van der Waals surface area contributed by atoms with Crippen LogP contribution in [0.5, 0.6) is 0 Å². The van der Waals surface area contributed by atoms with Gasteiger partial charge < -0.3 is 15.7 Å². The molecular formula is C15H21N5O. The summed E-state index contributed by atoms with van der Waals surface area (Å²) < 4.78 is 0. The second-order valence-electron chi connectivity index (χ2n) is 5.99. The second kappa shape index (κ2) is 6.27. The van der Waals surface area contributed by atoms with Crippen LogP contribution in [0.4, 0.5) is 11.8 Å². The fraction of sp³-hybridized carbons (Fsp3) is 0.667. The highest BCUT2D eigenvalue weighted by molar-refractivity contribution is 5.54. The summed E-state index contributed by atoms with van der Waals surface area (Å²) in [4.78, 5) is 8.69. The molecule has 0 spiro atoms. The molecule has 2 fully saturated rings. The van der Waals surface area contributed by atoms with Crippen molar-refractivity contribution in [3.05, 3.63) is 11.8 Å².